The molecule has 0 aromatic carbocycles. The van der Waals surface area contributed by atoms with Gasteiger partial charge in [0, 0.05) is 0 Å². The highest BCUT2D eigenvalue weighted by atomic mass is 16.5. The summed E-state index contributed by atoms with van der Waals surface area (Å²) in [7, 11) is 0. The SMILES string of the molecule is CCCCCCC=COCCCCC1CCCCC1. The Labute approximate surface area is 120 Å². The van der Waals surface area contributed by atoms with Crippen LogP contribution in [0.25, 0.3) is 0 Å². The smallest absolute Gasteiger partial charge is 0.0873 e. The monoisotopic (exact) mass is 266 g/mol. The Bertz CT molecular complexity index is 204. The first kappa shape index (κ1) is 16.6. The van der Waals surface area contributed by atoms with Crippen molar-refractivity contribution in [3.63, 3.8) is 0 Å². The van der Waals surface area contributed by atoms with Crippen molar-refractivity contribution in [3.05, 3.63) is 12.3 Å². The predicted octanol–water partition coefficient (Wildman–Crippen LogP) is 6.24. The van der Waals surface area contributed by atoms with Gasteiger partial charge in [-0.3, -0.25) is 0 Å². The summed E-state index contributed by atoms with van der Waals surface area (Å²) in [4.78, 5) is 0. The molecule has 0 amide bonds. The van der Waals surface area contributed by atoms with E-state index in [4.69, 9.17) is 4.74 Å². The Balaban J connectivity index is 1.78. The van der Waals surface area contributed by atoms with Crippen molar-refractivity contribution in [2.24, 2.45) is 5.92 Å². The summed E-state index contributed by atoms with van der Waals surface area (Å²) >= 11 is 0. The highest BCUT2D eigenvalue weighted by Crippen LogP contribution is 2.27. The molecule has 0 N–H and O–H groups in total. The highest BCUT2D eigenvalue weighted by molar-refractivity contribution is 4.73. The molecule has 19 heavy (non-hydrogen) atoms. The van der Waals surface area contributed by atoms with Crippen molar-refractivity contribution in [2.45, 2.75) is 90.4 Å². The summed E-state index contributed by atoms with van der Waals surface area (Å²) < 4.78 is 5.55. The van der Waals surface area contributed by atoms with Crippen LogP contribution in [-0.2, 0) is 4.74 Å². The number of unbranched alkanes of at least 4 members (excludes halogenated alkanes) is 5. The first-order valence-corrected chi connectivity index (χ1v) is 8.70. The molecule has 1 aliphatic rings. The van der Waals surface area contributed by atoms with E-state index in [9.17, 15) is 0 Å². The average molecular weight is 266 g/mol. The van der Waals surface area contributed by atoms with Crippen molar-refractivity contribution in [3.8, 4) is 0 Å². The molecule has 0 heterocycles. The molecule has 1 rings (SSSR count). The van der Waals surface area contributed by atoms with Crippen molar-refractivity contribution in [2.75, 3.05) is 6.61 Å². The molecule has 0 aromatic rings. The number of rotatable bonds is 11. The van der Waals surface area contributed by atoms with Gasteiger partial charge in [-0.2, -0.15) is 0 Å². The second-order valence-electron chi connectivity index (χ2n) is 6.09. The van der Waals surface area contributed by atoms with E-state index in [0.717, 1.165) is 12.5 Å². The van der Waals surface area contributed by atoms with Crippen LogP contribution in [0, 0.1) is 5.92 Å². The fourth-order valence-electron chi connectivity index (χ4n) is 2.99. The van der Waals surface area contributed by atoms with Crippen LogP contribution in [0.15, 0.2) is 12.3 Å². The van der Waals surface area contributed by atoms with Crippen LogP contribution >= 0.6 is 0 Å². The molecular formula is C18H34O. The Hall–Kier alpha value is -0.460. The van der Waals surface area contributed by atoms with E-state index >= 15 is 0 Å². The molecule has 1 aliphatic carbocycles. The molecule has 1 fully saturated rings. The standard InChI is InChI=1S/C18H34O/c1-2-3-4-5-6-11-16-19-17-12-10-15-18-13-8-7-9-14-18/h11,16,18H,2-10,12-15,17H2,1H3. The summed E-state index contributed by atoms with van der Waals surface area (Å²) in [6, 6.07) is 0. The van der Waals surface area contributed by atoms with Gasteiger partial charge in [0.2, 0.25) is 0 Å². The Kier molecular flexibility index (Phi) is 11.0. The van der Waals surface area contributed by atoms with Gasteiger partial charge in [0.15, 0.2) is 0 Å². The van der Waals surface area contributed by atoms with Gasteiger partial charge >= 0.3 is 0 Å². The third kappa shape index (κ3) is 10.0. The van der Waals surface area contributed by atoms with Crippen LogP contribution in [0.1, 0.15) is 90.4 Å². The van der Waals surface area contributed by atoms with Gasteiger partial charge in [-0.05, 0) is 37.7 Å². The second-order valence-corrected chi connectivity index (χ2v) is 6.09. The van der Waals surface area contributed by atoms with Crippen molar-refractivity contribution in [1.82, 2.24) is 0 Å². The summed E-state index contributed by atoms with van der Waals surface area (Å²) in [5.74, 6) is 1.03. The molecule has 0 unspecified atom stereocenters. The average Bonchev–Trinajstić information content (AvgIpc) is 2.46. The van der Waals surface area contributed by atoms with Crippen LogP contribution in [0.4, 0.5) is 0 Å². The summed E-state index contributed by atoms with van der Waals surface area (Å²) in [6.45, 7) is 3.17. The molecule has 0 aliphatic heterocycles. The maximum absolute atomic E-state index is 5.55. The van der Waals surface area contributed by atoms with E-state index < -0.39 is 0 Å². The lowest BCUT2D eigenvalue weighted by molar-refractivity contribution is 0.232. The van der Waals surface area contributed by atoms with Crippen molar-refractivity contribution < 1.29 is 4.74 Å². The largest absolute Gasteiger partial charge is 0.502 e. The molecule has 0 spiro atoms. The van der Waals surface area contributed by atoms with Crippen LogP contribution in [0.2, 0.25) is 0 Å². The zero-order valence-electron chi connectivity index (χ0n) is 13.0. The van der Waals surface area contributed by atoms with Gasteiger partial charge in [0.25, 0.3) is 0 Å². The van der Waals surface area contributed by atoms with Crippen LogP contribution in [0.5, 0.6) is 0 Å². The molecule has 0 saturated heterocycles. The zero-order valence-corrected chi connectivity index (χ0v) is 13.0. The van der Waals surface area contributed by atoms with E-state index in [2.05, 4.69) is 13.0 Å². The molecule has 0 atom stereocenters. The first-order valence-electron chi connectivity index (χ1n) is 8.70. The molecule has 1 nitrogen and oxygen atoms in total. The van der Waals surface area contributed by atoms with Gasteiger partial charge < -0.3 is 4.74 Å². The summed E-state index contributed by atoms with van der Waals surface area (Å²) in [5.41, 5.74) is 0. The van der Waals surface area contributed by atoms with Gasteiger partial charge in [0.05, 0.1) is 12.9 Å². The lowest BCUT2D eigenvalue weighted by Crippen LogP contribution is -2.06. The van der Waals surface area contributed by atoms with Crippen LogP contribution in [-0.4, -0.2) is 6.61 Å². The van der Waals surface area contributed by atoms with Gasteiger partial charge in [-0.1, -0.05) is 64.7 Å². The minimum Gasteiger partial charge on any atom is -0.502 e. The number of ether oxygens (including phenoxy) is 1. The third-order valence-electron chi connectivity index (χ3n) is 4.27. The van der Waals surface area contributed by atoms with Crippen molar-refractivity contribution in [1.29, 1.82) is 0 Å². The maximum atomic E-state index is 5.55. The highest BCUT2D eigenvalue weighted by Gasteiger charge is 2.12. The Morgan fingerprint density at radius 2 is 1.79 bits per heavy atom. The fourth-order valence-corrected chi connectivity index (χ4v) is 2.99. The molecule has 0 radical (unpaired) electrons. The van der Waals surface area contributed by atoms with E-state index in [-0.39, 0.29) is 0 Å². The van der Waals surface area contributed by atoms with E-state index in [1.807, 2.05) is 6.26 Å². The van der Waals surface area contributed by atoms with E-state index in [1.54, 1.807) is 0 Å². The number of hydrogen-bond acceptors (Lipinski definition) is 1. The maximum Gasteiger partial charge on any atom is 0.0873 e. The van der Waals surface area contributed by atoms with Gasteiger partial charge in [0.1, 0.15) is 0 Å². The first-order chi connectivity index (χ1) is 9.43. The minimum atomic E-state index is 0.915. The minimum absolute atomic E-state index is 0.915. The lowest BCUT2D eigenvalue weighted by atomic mass is 9.86. The molecule has 112 valence electrons. The van der Waals surface area contributed by atoms with E-state index in [0.29, 0.717) is 0 Å². The Morgan fingerprint density at radius 3 is 2.58 bits per heavy atom. The lowest BCUT2D eigenvalue weighted by Gasteiger charge is -2.21. The quantitative estimate of drug-likeness (QED) is 0.318. The predicted molar refractivity (Wildman–Crippen MR) is 84.3 cm³/mol. The molecule has 0 aromatic heterocycles. The molecule has 1 saturated carbocycles. The van der Waals surface area contributed by atoms with E-state index in [1.165, 1.54) is 83.5 Å². The third-order valence-corrected chi connectivity index (χ3v) is 4.27. The Morgan fingerprint density at radius 1 is 0.947 bits per heavy atom. The molecule has 0 bridgehead atoms. The normalized spacial score (nSPS) is 17.1. The number of hydrogen-bond donors (Lipinski definition) is 0. The molecule has 1 heteroatoms. The summed E-state index contributed by atoms with van der Waals surface area (Å²) in [6.07, 6.45) is 22.1. The van der Waals surface area contributed by atoms with Crippen LogP contribution in [0.3, 0.4) is 0 Å². The van der Waals surface area contributed by atoms with Gasteiger partial charge in [-0.15, -0.1) is 0 Å². The van der Waals surface area contributed by atoms with Crippen molar-refractivity contribution >= 4 is 0 Å². The summed E-state index contributed by atoms with van der Waals surface area (Å²) in [5, 5.41) is 0. The zero-order chi connectivity index (χ0) is 13.6. The topological polar surface area (TPSA) is 9.23 Å². The van der Waals surface area contributed by atoms with Gasteiger partial charge in [-0.25, -0.2) is 0 Å². The van der Waals surface area contributed by atoms with Crippen LogP contribution < -0.4 is 0 Å². The number of allylic oxidation sites excluding steroid dienone is 1. The molecular weight excluding hydrogens is 232 g/mol. The fraction of sp³-hybridized carbons (Fsp3) is 0.889. The second kappa shape index (κ2) is 12.6.